The molecule has 2 aromatic rings. The van der Waals surface area contributed by atoms with E-state index in [4.69, 9.17) is 16.3 Å². The van der Waals surface area contributed by atoms with E-state index in [1.165, 1.54) is 18.2 Å². The number of nitrogens with zero attached hydrogens (tertiary/aromatic N) is 2. The van der Waals surface area contributed by atoms with Crippen LogP contribution in [0.15, 0.2) is 18.2 Å². The van der Waals surface area contributed by atoms with Gasteiger partial charge in [0.2, 0.25) is 5.82 Å². The van der Waals surface area contributed by atoms with Crippen LogP contribution in [0.2, 0.25) is 5.02 Å². The van der Waals surface area contributed by atoms with Crippen LogP contribution >= 0.6 is 11.6 Å². The third-order valence-corrected chi connectivity index (χ3v) is 2.46. The van der Waals surface area contributed by atoms with E-state index in [0.717, 1.165) is 0 Å². The minimum absolute atomic E-state index is 0.0150. The zero-order valence-corrected chi connectivity index (χ0v) is 10.2. The molecular formula is C11H9ClFN3O2. The Kier molecular flexibility index (Phi) is 3.57. The van der Waals surface area contributed by atoms with Crippen LogP contribution in [-0.4, -0.2) is 27.8 Å². The van der Waals surface area contributed by atoms with Gasteiger partial charge in [0.05, 0.1) is 17.2 Å². The quantitative estimate of drug-likeness (QED) is 0.869. The number of H-pyrrole nitrogens is 1. The van der Waals surface area contributed by atoms with Crippen LogP contribution in [0, 0.1) is 5.82 Å². The van der Waals surface area contributed by atoms with Crippen LogP contribution in [-0.2, 0) is 4.74 Å². The highest BCUT2D eigenvalue weighted by Crippen LogP contribution is 2.27. The second kappa shape index (κ2) is 5.14. The number of aromatic amines is 1. The summed E-state index contributed by atoms with van der Waals surface area (Å²) in [5.41, 5.74) is 0.0472. The molecule has 1 heterocycles. The van der Waals surface area contributed by atoms with Gasteiger partial charge in [0.1, 0.15) is 5.82 Å². The lowest BCUT2D eigenvalue weighted by Crippen LogP contribution is -2.06. The normalized spacial score (nSPS) is 10.4. The highest BCUT2D eigenvalue weighted by molar-refractivity contribution is 6.33. The molecule has 1 N–H and O–H groups in total. The van der Waals surface area contributed by atoms with E-state index < -0.39 is 11.8 Å². The van der Waals surface area contributed by atoms with Crippen molar-refractivity contribution >= 4 is 17.6 Å². The Hall–Kier alpha value is -1.95. The van der Waals surface area contributed by atoms with Crippen molar-refractivity contribution in [1.29, 1.82) is 0 Å². The van der Waals surface area contributed by atoms with Gasteiger partial charge in [-0.3, -0.25) is 5.10 Å². The van der Waals surface area contributed by atoms with Crippen molar-refractivity contribution in [3.8, 4) is 11.4 Å². The molecule has 0 atom stereocenters. The zero-order chi connectivity index (χ0) is 13.1. The minimum atomic E-state index is -0.649. The van der Waals surface area contributed by atoms with Gasteiger partial charge < -0.3 is 4.74 Å². The van der Waals surface area contributed by atoms with E-state index in [9.17, 15) is 9.18 Å². The number of hydrogen-bond acceptors (Lipinski definition) is 4. The minimum Gasteiger partial charge on any atom is -0.460 e. The van der Waals surface area contributed by atoms with Gasteiger partial charge in [0.15, 0.2) is 5.82 Å². The predicted octanol–water partition coefficient (Wildman–Crippen LogP) is 2.44. The first-order chi connectivity index (χ1) is 8.63. The van der Waals surface area contributed by atoms with Gasteiger partial charge in [-0.1, -0.05) is 17.7 Å². The van der Waals surface area contributed by atoms with Crippen molar-refractivity contribution in [2.24, 2.45) is 0 Å². The summed E-state index contributed by atoms with van der Waals surface area (Å²) in [5.74, 6) is -1.28. The van der Waals surface area contributed by atoms with Crippen LogP contribution in [0.5, 0.6) is 0 Å². The maximum Gasteiger partial charge on any atom is 0.375 e. The maximum absolute atomic E-state index is 13.6. The molecule has 0 bridgehead atoms. The van der Waals surface area contributed by atoms with Gasteiger partial charge in [0.25, 0.3) is 0 Å². The van der Waals surface area contributed by atoms with Crippen LogP contribution in [0.1, 0.15) is 17.5 Å². The number of nitrogens with one attached hydrogen (secondary N) is 1. The fraction of sp³-hybridized carbons (Fsp3) is 0.182. The molecule has 0 saturated carbocycles. The molecule has 1 aromatic heterocycles. The SMILES string of the molecule is CCOC(=O)c1nc(-c2c(F)cccc2Cl)n[nH]1. The van der Waals surface area contributed by atoms with Crippen molar-refractivity contribution in [2.75, 3.05) is 6.61 Å². The Morgan fingerprint density at radius 1 is 1.56 bits per heavy atom. The Balaban J connectivity index is 2.38. The molecule has 0 fully saturated rings. The molecule has 5 nitrogen and oxygen atoms in total. The second-order valence-electron chi connectivity index (χ2n) is 3.32. The topological polar surface area (TPSA) is 67.9 Å². The van der Waals surface area contributed by atoms with Gasteiger partial charge >= 0.3 is 5.97 Å². The van der Waals surface area contributed by atoms with Crippen LogP contribution in [0.4, 0.5) is 4.39 Å². The van der Waals surface area contributed by atoms with Gasteiger partial charge in [-0.15, -0.1) is 0 Å². The average Bonchev–Trinajstić information content (AvgIpc) is 2.78. The van der Waals surface area contributed by atoms with Crippen molar-refractivity contribution in [2.45, 2.75) is 6.92 Å². The number of benzene rings is 1. The largest absolute Gasteiger partial charge is 0.460 e. The van der Waals surface area contributed by atoms with E-state index in [1.807, 2.05) is 0 Å². The monoisotopic (exact) mass is 269 g/mol. The molecule has 0 radical (unpaired) electrons. The van der Waals surface area contributed by atoms with E-state index in [-0.39, 0.29) is 28.8 Å². The smallest absolute Gasteiger partial charge is 0.375 e. The third-order valence-electron chi connectivity index (χ3n) is 2.14. The number of aromatic nitrogens is 3. The number of halogens is 2. The van der Waals surface area contributed by atoms with E-state index >= 15 is 0 Å². The lowest BCUT2D eigenvalue weighted by Gasteiger charge is -2.00. The number of carbonyl (C=O) groups is 1. The number of hydrogen-bond donors (Lipinski definition) is 1. The summed E-state index contributed by atoms with van der Waals surface area (Å²) in [7, 11) is 0. The molecule has 2 rings (SSSR count). The summed E-state index contributed by atoms with van der Waals surface area (Å²) >= 11 is 5.86. The first kappa shape index (κ1) is 12.5. The standard InChI is InChI=1S/C11H9ClFN3O2/c1-2-18-11(17)10-14-9(15-16-10)8-6(12)4-3-5-7(8)13/h3-5H,2H2,1H3,(H,14,15,16). The Morgan fingerprint density at radius 3 is 3.00 bits per heavy atom. The number of ether oxygens (including phenoxy) is 1. The molecular weight excluding hydrogens is 261 g/mol. The molecule has 0 saturated heterocycles. The summed E-state index contributed by atoms with van der Waals surface area (Å²) in [5, 5.41) is 6.30. The molecule has 1 aromatic carbocycles. The molecule has 0 spiro atoms. The summed E-state index contributed by atoms with van der Waals surface area (Å²) in [6.45, 7) is 1.89. The highest BCUT2D eigenvalue weighted by Gasteiger charge is 2.18. The van der Waals surface area contributed by atoms with Gasteiger partial charge in [-0.05, 0) is 19.1 Å². The zero-order valence-electron chi connectivity index (χ0n) is 9.41. The first-order valence-corrected chi connectivity index (χ1v) is 5.55. The number of carbonyl (C=O) groups excluding carboxylic acids is 1. The summed E-state index contributed by atoms with van der Waals surface area (Å²) in [6, 6.07) is 4.22. The second-order valence-corrected chi connectivity index (χ2v) is 3.73. The third kappa shape index (κ3) is 2.33. The summed E-state index contributed by atoms with van der Waals surface area (Å²) < 4.78 is 18.3. The maximum atomic E-state index is 13.6. The van der Waals surface area contributed by atoms with Crippen molar-refractivity contribution in [1.82, 2.24) is 15.2 Å². The Labute approximate surface area is 107 Å². The van der Waals surface area contributed by atoms with Gasteiger partial charge in [-0.25, -0.2) is 14.2 Å². The first-order valence-electron chi connectivity index (χ1n) is 5.17. The molecule has 94 valence electrons. The molecule has 7 heteroatoms. The van der Waals surface area contributed by atoms with Crippen LogP contribution < -0.4 is 0 Å². The molecule has 0 amide bonds. The molecule has 18 heavy (non-hydrogen) atoms. The highest BCUT2D eigenvalue weighted by atomic mass is 35.5. The van der Waals surface area contributed by atoms with Gasteiger partial charge in [0, 0.05) is 0 Å². The van der Waals surface area contributed by atoms with Crippen LogP contribution in [0.25, 0.3) is 11.4 Å². The average molecular weight is 270 g/mol. The lowest BCUT2D eigenvalue weighted by molar-refractivity contribution is 0.0512. The number of rotatable bonds is 3. The fourth-order valence-electron chi connectivity index (χ4n) is 1.38. The van der Waals surface area contributed by atoms with E-state index in [2.05, 4.69) is 15.2 Å². The lowest BCUT2D eigenvalue weighted by atomic mass is 10.2. The van der Waals surface area contributed by atoms with Crippen molar-refractivity contribution < 1.29 is 13.9 Å². The number of esters is 1. The molecule has 0 unspecified atom stereocenters. The Bertz CT molecular complexity index is 565. The Morgan fingerprint density at radius 2 is 2.33 bits per heavy atom. The summed E-state index contributed by atoms with van der Waals surface area (Å²) in [6.07, 6.45) is 0. The summed E-state index contributed by atoms with van der Waals surface area (Å²) in [4.78, 5) is 15.2. The van der Waals surface area contributed by atoms with Crippen molar-refractivity contribution in [3.63, 3.8) is 0 Å². The van der Waals surface area contributed by atoms with E-state index in [1.54, 1.807) is 6.92 Å². The predicted molar refractivity (Wildman–Crippen MR) is 62.7 cm³/mol. The molecule has 0 aliphatic rings. The molecule has 0 aliphatic heterocycles. The van der Waals surface area contributed by atoms with Crippen LogP contribution in [0.3, 0.4) is 0 Å². The van der Waals surface area contributed by atoms with E-state index in [0.29, 0.717) is 0 Å². The fourth-order valence-corrected chi connectivity index (χ4v) is 1.62. The van der Waals surface area contributed by atoms with Crippen molar-refractivity contribution in [3.05, 3.63) is 34.9 Å². The van der Waals surface area contributed by atoms with Gasteiger partial charge in [-0.2, -0.15) is 5.10 Å². The molecule has 0 aliphatic carbocycles.